The molecule has 0 bridgehead atoms. The Hall–Kier alpha value is -1.06. The molecule has 0 aromatic heterocycles. The Morgan fingerprint density at radius 2 is 1.86 bits per heavy atom. The second kappa shape index (κ2) is 9.06. The van der Waals surface area contributed by atoms with E-state index in [0.717, 1.165) is 36.9 Å². The second-order valence-corrected chi connectivity index (χ2v) is 6.07. The molecule has 0 heterocycles. The smallest absolute Gasteiger partial charge is 0.119 e. The summed E-state index contributed by atoms with van der Waals surface area (Å²) in [6, 6.07) is 8.02. The average Bonchev–Trinajstić information content (AvgIpc) is 2.54. The minimum atomic E-state index is -0.0474. The predicted molar refractivity (Wildman–Crippen MR) is 86.6 cm³/mol. The van der Waals surface area contributed by atoms with Gasteiger partial charge in [0.15, 0.2) is 0 Å². The molecule has 1 fully saturated rings. The normalized spacial score (nSPS) is 17.6. The van der Waals surface area contributed by atoms with Crippen LogP contribution in [-0.4, -0.2) is 19.8 Å². The summed E-state index contributed by atoms with van der Waals surface area (Å²) in [7, 11) is 0. The van der Waals surface area contributed by atoms with Crippen LogP contribution in [0.3, 0.4) is 0 Å². The standard InChI is InChI=1S/C18H29NO2/c1-2-12-21-17-10-8-16(9-11-17)18(19)14-20-13-15-6-4-3-5-7-15/h8-11,15,18H,2-7,12-14,19H2,1H3. The van der Waals surface area contributed by atoms with Gasteiger partial charge in [0.1, 0.15) is 5.75 Å². The first-order valence-corrected chi connectivity index (χ1v) is 8.35. The van der Waals surface area contributed by atoms with Crippen LogP contribution in [0.15, 0.2) is 24.3 Å². The molecule has 0 amide bonds. The molecule has 0 spiro atoms. The molecule has 3 heteroatoms. The van der Waals surface area contributed by atoms with Gasteiger partial charge in [0.05, 0.1) is 19.3 Å². The molecular formula is C18H29NO2. The van der Waals surface area contributed by atoms with E-state index in [-0.39, 0.29) is 6.04 Å². The van der Waals surface area contributed by atoms with Crippen molar-refractivity contribution in [3.63, 3.8) is 0 Å². The van der Waals surface area contributed by atoms with E-state index in [1.165, 1.54) is 32.1 Å². The minimum Gasteiger partial charge on any atom is -0.494 e. The quantitative estimate of drug-likeness (QED) is 0.785. The van der Waals surface area contributed by atoms with E-state index in [0.29, 0.717) is 6.61 Å². The summed E-state index contributed by atoms with van der Waals surface area (Å²) < 4.78 is 11.4. The monoisotopic (exact) mass is 291 g/mol. The zero-order valence-electron chi connectivity index (χ0n) is 13.2. The Balaban J connectivity index is 1.70. The summed E-state index contributed by atoms with van der Waals surface area (Å²) in [5, 5.41) is 0. The summed E-state index contributed by atoms with van der Waals surface area (Å²) >= 11 is 0. The van der Waals surface area contributed by atoms with Gasteiger partial charge in [-0.3, -0.25) is 0 Å². The van der Waals surface area contributed by atoms with Crippen LogP contribution in [0.4, 0.5) is 0 Å². The van der Waals surface area contributed by atoms with Crippen LogP contribution in [0.1, 0.15) is 57.1 Å². The molecule has 1 aliphatic rings. The fraction of sp³-hybridized carbons (Fsp3) is 0.667. The van der Waals surface area contributed by atoms with E-state index < -0.39 is 0 Å². The third-order valence-corrected chi connectivity index (χ3v) is 4.16. The third kappa shape index (κ3) is 5.68. The van der Waals surface area contributed by atoms with E-state index in [1.807, 2.05) is 24.3 Å². The number of ether oxygens (including phenoxy) is 2. The number of hydrogen-bond acceptors (Lipinski definition) is 3. The molecule has 1 atom stereocenters. The summed E-state index contributed by atoms with van der Waals surface area (Å²) in [6.07, 6.45) is 7.77. The zero-order chi connectivity index (χ0) is 14.9. The van der Waals surface area contributed by atoms with Gasteiger partial charge in [-0.15, -0.1) is 0 Å². The van der Waals surface area contributed by atoms with Gasteiger partial charge in [0, 0.05) is 6.61 Å². The third-order valence-electron chi connectivity index (χ3n) is 4.16. The molecule has 3 nitrogen and oxygen atoms in total. The SMILES string of the molecule is CCCOc1ccc(C(N)COCC2CCCCC2)cc1. The van der Waals surface area contributed by atoms with Gasteiger partial charge in [-0.2, -0.15) is 0 Å². The van der Waals surface area contributed by atoms with Gasteiger partial charge < -0.3 is 15.2 Å². The second-order valence-electron chi connectivity index (χ2n) is 6.07. The Kier molecular flexibility index (Phi) is 7.04. The van der Waals surface area contributed by atoms with Crippen molar-refractivity contribution >= 4 is 0 Å². The maximum absolute atomic E-state index is 6.20. The zero-order valence-corrected chi connectivity index (χ0v) is 13.2. The van der Waals surface area contributed by atoms with Gasteiger partial charge >= 0.3 is 0 Å². The lowest BCUT2D eigenvalue weighted by Gasteiger charge is -2.22. The van der Waals surface area contributed by atoms with Crippen LogP contribution < -0.4 is 10.5 Å². The lowest BCUT2D eigenvalue weighted by molar-refractivity contribution is 0.0759. The summed E-state index contributed by atoms with van der Waals surface area (Å²) in [6.45, 7) is 4.33. The van der Waals surface area contributed by atoms with Gasteiger partial charge in [0.25, 0.3) is 0 Å². The Morgan fingerprint density at radius 1 is 1.14 bits per heavy atom. The minimum absolute atomic E-state index is 0.0474. The lowest BCUT2D eigenvalue weighted by Crippen LogP contribution is -2.20. The van der Waals surface area contributed by atoms with Crippen LogP contribution in [0.5, 0.6) is 5.75 Å². The van der Waals surface area contributed by atoms with E-state index in [4.69, 9.17) is 15.2 Å². The van der Waals surface area contributed by atoms with Crippen molar-refractivity contribution in [2.75, 3.05) is 19.8 Å². The Bertz CT molecular complexity index is 385. The summed E-state index contributed by atoms with van der Waals surface area (Å²) in [5.41, 5.74) is 7.31. The molecule has 2 N–H and O–H groups in total. The van der Waals surface area contributed by atoms with Crippen molar-refractivity contribution in [1.29, 1.82) is 0 Å². The fourth-order valence-electron chi connectivity index (χ4n) is 2.84. The molecule has 1 saturated carbocycles. The molecule has 1 aromatic rings. The largest absolute Gasteiger partial charge is 0.494 e. The van der Waals surface area contributed by atoms with Gasteiger partial charge in [-0.05, 0) is 42.9 Å². The number of nitrogens with two attached hydrogens (primary N) is 1. The van der Waals surface area contributed by atoms with Gasteiger partial charge in [-0.1, -0.05) is 38.3 Å². The Morgan fingerprint density at radius 3 is 2.52 bits per heavy atom. The molecule has 1 aliphatic carbocycles. The fourth-order valence-corrected chi connectivity index (χ4v) is 2.84. The topological polar surface area (TPSA) is 44.5 Å². The first-order valence-electron chi connectivity index (χ1n) is 8.35. The van der Waals surface area contributed by atoms with Crippen LogP contribution in [-0.2, 0) is 4.74 Å². The van der Waals surface area contributed by atoms with E-state index >= 15 is 0 Å². The van der Waals surface area contributed by atoms with Crippen LogP contribution in [0, 0.1) is 5.92 Å². The number of rotatable bonds is 8. The van der Waals surface area contributed by atoms with Gasteiger partial charge in [0.2, 0.25) is 0 Å². The van der Waals surface area contributed by atoms with Crippen LogP contribution in [0.25, 0.3) is 0 Å². The molecular weight excluding hydrogens is 262 g/mol. The summed E-state index contributed by atoms with van der Waals surface area (Å²) in [5.74, 6) is 1.66. The highest BCUT2D eigenvalue weighted by molar-refractivity contribution is 5.29. The maximum atomic E-state index is 6.20. The molecule has 1 unspecified atom stereocenters. The lowest BCUT2D eigenvalue weighted by atomic mass is 9.90. The van der Waals surface area contributed by atoms with Gasteiger partial charge in [-0.25, -0.2) is 0 Å². The van der Waals surface area contributed by atoms with Crippen LogP contribution in [0.2, 0.25) is 0 Å². The highest BCUT2D eigenvalue weighted by atomic mass is 16.5. The maximum Gasteiger partial charge on any atom is 0.119 e. The van der Waals surface area contributed by atoms with E-state index in [2.05, 4.69) is 6.92 Å². The number of hydrogen-bond donors (Lipinski definition) is 1. The molecule has 0 saturated heterocycles. The van der Waals surface area contributed by atoms with Crippen molar-refractivity contribution in [3.8, 4) is 5.75 Å². The van der Waals surface area contributed by atoms with Crippen molar-refractivity contribution in [1.82, 2.24) is 0 Å². The highest BCUT2D eigenvalue weighted by Gasteiger charge is 2.14. The van der Waals surface area contributed by atoms with E-state index in [1.54, 1.807) is 0 Å². The Labute approximate surface area is 128 Å². The molecule has 0 aliphatic heterocycles. The summed E-state index contributed by atoms with van der Waals surface area (Å²) in [4.78, 5) is 0. The van der Waals surface area contributed by atoms with Crippen molar-refractivity contribution in [2.45, 2.75) is 51.5 Å². The van der Waals surface area contributed by atoms with Crippen LogP contribution >= 0.6 is 0 Å². The van der Waals surface area contributed by atoms with Crippen molar-refractivity contribution < 1.29 is 9.47 Å². The number of benzene rings is 1. The van der Waals surface area contributed by atoms with Crippen molar-refractivity contribution in [3.05, 3.63) is 29.8 Å². The molecule has 118 valence electrons. The molecule has 1 aromatic carbocycles. The average molecular weight is 291 g/mol. The highest BCUT2D eigenvalue weighted by Crippen LogP contribution is 2.24. The molecule has 2 rings (SSSR count). The first kappa shape index (κ1) is 16.3. The molecule has 0 radical (unpaired) electrons. The first-order chi connectivity index (χ1) is 10.3. The van der Waals surface area contributed by atoms with Crippen molar-refractivity contribution in [2.24, 2.45) is 11.7 Å². The molecule has 21 heavy (non-hydrogen) atoms. The van der Waals surface area contributed by atoms with E-state index in [9.17, 15) is 0 Å². The predicted octanol–water partition coefficient (Wildman–Crippen LogP) is 4.07.